The highest BCUT2D eigenvalue weighted by Crippen LogP contribution is 2.42. The summed E-state index contributed by atoms with van der Waals surface area (Å²) in [6.45, 7) is 0. The zero-order valence-corrected chi connectivity index (χ0v) is 17.8. The first-order valence-electron chi connectivity index (χ1n) is 9.96. The van der Waals surface area contributed by atoms with E-state index in [0.29, 0.717) is 0 Å². The van der Waals surface area contributed by atoms with Gasteiger partial charge >= 0.3 is 0 Å². The topological polar surface area (TPSA) is 49.0 Å². The maximum atomic E-state index is 5.57. The molecule has 156 valence electrons. The summed E-state index contributed by atoms with van der Waals surface area (Å²) in [5.41, 5.74) is 4.79. The molecular weight excluding hydrogens is 378 g/mol. The van der Waals surface area contributed by atoms with Gasteiger partial charge in [0.05, 0.1) is 34.5 Å². The highest BCUT2D eigenvalue weighted by atomic mass is 16.5. The van der Waals surface area contributed by atoms with E-state index in [4.69, 9.17) is 18.9 Å². The van der Waals surface area contributed by atoms with Crippen molar-refractivity contribution in [3.05, 3.63) is 82.9 Å². The van der Waals surface area contributed by atoms with Crippen LogP contribution >= 0.6 is 0 Å². The van der Waals surface area contributed by atoms with Crippen molar-refractivity contribution in [2.75, 3.05) is 28.4 Å². The number of fused-ring (bicyclic) bond motifs is 1. The Morgan fingerprint density at radius 3 is 1.97 bits per heavy atom. The molecule has 3 aromatic rings. The second-order valence-electron chi connectivity index (χ2n) is 7.29. The average Bonchev–Trinajstić information content (AvgIpc) is 2.82. The van der Waals surface area contributed by atoms with Crippen molar-refractivity contribution in [3.8, 4) is 23.0 Å². The Kier molecular flexibility index (Phi) is 5.81. The van der Waals surface area contributed by atoms with Crippen molar-refractivity contribution >= 4 is 0 Å². The third-order valence-corrected chi connectivity index (χ3v) is 5.69. The molecule has 0 spiro atoms. The van der Waals surface area contributed by atoms with E-state index >= 15 is 0 Å². The van der Waals surface area contributed by atoms with Crippen LogP contribution in [0.5, 0.6) is 23.0 Å². The monoisotopic (exact) mass is 405 g/mol. The standard InChI is InChI=1S/C25H27NO4/c1-27-21-11-10-17(13-22(21)28-2)20-12-18-14-23(29-3)24(30-4)15-19(18)25(26-20)16-8-6-5-7-9-16/h5-11,13-15,20,25-26H,12H2,1-4H3. The predicted molar refractivity (Wildman–Crippen MR) is 117 cm³/mol. The van der Waals surface area contributed by atoms with Gasteiger partial charge in [0.15, 0.2) is 23.0 Å². The van der Waals surface area contributed by atoms with Crippen molar-refractivity contribution in [2.45, 2.75) is 18.5 Å². The van der Waals surface area contributed by atoms with Crippen molar-refractivity contribution in [2.24, 2.45) is 0 Å². The number of rotatable bonds is 6. The summed E-state index contributed by atoms with van der Waals surface area (Å²) >= 11 is 0. The number of methoxy groups -OCH3 is 4. The van der Waals surface area contributed by atoms with Gasteiger partial charge in [0.2, 0.25) is 0 Å². The largest absolute Gasteiger partial charge is 0.493 e. The van der Waals surface area contributed by atoms with Gasteiger partial charge in [0.1, 0.15) is 0 Å². The van der Waals surface area contributed by atoms with Crippen LogP contribution < -0.4 is 24.3 Å². The first-order chi connectivity index (χ1) is 14.7. The third-order valence-electron chi connectivity index (χ3n) is 5.69. The molecule has 5 nitrogen and oxygen atoms in total. The van der Waals surface area contributed by atoms with Gasteiger partial charge in [-0.05, 0) is 52.9 Å². The highest BCUT2D eigenvalue weighted by Gasteiger charge is 2.30. The molecule has 1 aliphatic rings. The molecule has 30 heavy (non-hydrogen) atoms. The molecule has 0 aliphatic carbocycles. The van der Waals surface area contributed by atoms with Crippen LogP contribution in [-0.2, 0) is 6.42 Å². The van der Waals surface area contributed by atoms with E-state index < -0.39 is 0 Å². The SMILES string of the molecule is COc1ccc(C2Cc3cc(OC)c(OC)cc3C(c3ccccc3)N2)cc1OC. The Bertz CT molecular complexity index is 1020. The molecule has 0 amide bonds. The van der Waals surface area contributed by atoms with Gasteiger partial charge in [-0.15, -0.1) is 0 Å². The molecular formula is C25H27NO4. The van der Waals surface area contributed by atoms with Gasteiger partial charge in [0, 0.05) is 6.04 Å². The van der Waals surface area contributed by atoms with Crippen LogP contribution in [0.3, 0.4) is 0 Å². The smallest absolute Gasteiger partial charge is 0.161 e. The first-order valence-corrected chi connectivity index (χ1v) is 9.96. The Labute approximate surface area is 177 Å². The van der Waals surface area contributed by atoms with Crippen molar-refractivity contribution in [1.82, 2.24) is 5.32 Å². The fourth-order valence-electron chi connectivity index (χ4n) is 4.16. The second kappa shape index (κ2) is 8.67. The predicted octanol–water partition coefficient (Wildman–Crippen LogP) is 4.70. The minimum atomic E-state index is 0.0350. The van der Waals surface area contributed by atoms with E-state index in [1.54, 1.807) is 28.4 Å². The Morgan fingerprint density at radius 1 is 0.667 bits per heavy atom. The van der Waals surface area contributed by atoms with Crippen molar-refractivity contribution in [3.63, 3.8) is 0 Å². The molecule has 2 unspecified atom stereocenters. The van der Waals surface area contributed by atoms with Crippen LogP contribution in [0.2, 0.25) is 0 Å². The molecule has 1 aliphatic heterocycles. The molecule has 1 heterocycles. The van der Waals surface area contributed by atoms with Crippen LogP contribution in [0.1, 0.15) is 34.3 Å². The van der Waals surface area contributed by atoms with Crippen molar-refractivity contribution in [1.29, 1.82) is 0 Å². The van der Waals surface area contributed by atoms with Gasteiger partial charge < -0.3 is 18.9 Å². The van der Waals surface area contributed by atoms with Gasteiger partial charge in [-0.25, -0.2) is 0 Å². The van der Waals surface area contributed by atoms with Crippen LogP contribution in [0, 0.1) is 0 Å². The second-order valence-corrected chi connectivity index (χ2v) is 7.29. The molecule has 5 heteroatoms. The molecule has 3 aromatic carbocycles. The molecule has 0 saturated heterocycles. The van der Waals surface area contributed by atoms with Crippen LogP contribution in [-0.4, -0.2) is 28.4 Å². The minimum Gasteiger partial charge on any atom is -0.493 e. The van der Waals surface area contributed by atoms with E-state index in [1.165, 1.54) is 16.7 Å². The molecule has 0 radical (unpaired) electrons. The molecule has 0 bridgehead atoms. The molecule has 1 N–H and O–H groups in total. The molecule has 0 aromatic heterocycles. The fourth-order valence-corrected chi connectivity index (χ4v) is 4.16. The zero-order valence-electron chi connectivity index (χ0n) is 17.8. The lowest BCUT2D eigenvalue weighted by Crippen LogP contribution is -2.34. The Balaban J connectivity index is 1.80. The van der Waals surface area contributed by atoms with Crippen molar-refractivity contribution < 1.29 is 18.9 Å². The van der Waals surface area contributed by atoms with E-state index in [1.807, 2.05) is 18.2 Å². The maximum Gasteiger partial charge on any atom is 0.161 e. The summed E-state index contributed by atoms with van der Waals surface area (Å²) in [5.74, 6) is 2.94. The fraction of sp³-hybridized carbons (Fsp3) is 0.280. The molecule has 0 fully saturated rings. The summed E-state index contributed by atoms with van der Waals surface area (Å²) in [6, 6.07) is 20.9. The molecule has 2 atom stereocenters. The van der Waals surface area contributed by atoms with Gasteiger partial charge in [0.25, 0.3) is 0 Å². The van der Waals surface area contributed by atoms with Crippen LogP contribution in [0.25, 0.3) is 0 Å². The average molecular weight is 405 g/mol. The number of benzene rings is 3. The normalized spacial score (nSPS) is 17.7. The van der Waals surface area contributed by atoms with E-state index in [9.17, 15) is 0 Å². The molecule has 4 rings (SSSR count). The lowest BCUT2D eigenvalue weighted by atomic mass is 9.84. The number of ether oxygens (including phenoxy) is 4. The summed E-state index contributed by atoms with van der Waals surface area (Å²) in [5, 5.41) is 3.83. The van der Waals surface area contributed by atoms with E-state index in [-0.39, 0.29) is 12.1 Å². The van der Waals surface area contributed by atoms with Gasteiger partial charge in [-0.3, -0.25) is 5.32 Å². The third kappa shape index (κ3) is 3.68. The van der Waals surface area contributed by atoms with Gasteiger partial charge in [-0.1, -0.05) is 36.4 Å². The first kappa shape index (κ1) is 20.1. The Hall–Kier alpha value is -3.18. The summed E-state index contributed by atoms with van der Waals surface area (Å²) in [4.78, 5) is 0. The summed E-state index contributed by atoms with van der Waals surface area (Å²) in [6.07, 6.45) is 0.828. The minimum absolute atomic E-state index is 0.0350. The van der Waals surface area contributed by atoms with Gasteiger partial charge in [-0.2, -0.15) is 0 Å². The lowest BCUT2D eigenvalue weighted by molar-refractivity contribution is 0.349. The van der Waals surface area contributed by atoms with E-state index in [2.05, 4.69) is 47.8 Å². The molecule has 0 saturated carbocycles. The highest BCUT2D eigenvalue weighted by molar-refractivity contribution is 5.53. The summed E-state index contributed by atoms with van der Waals surface area (Å²) < 4.78 is 22.1. The quantitative estimate of drug-likeness (QED) is 0.644. The Morgan fingerprint density at radius 2 is 1.30 bits per heavy atom. The summed E-state index contributed by atoms with van der Waals surface area (Å²) in [7, 11) is 6.66. The number of nitrogens with one attached hydrogen (secondary N) is 1. The van der Waals surface area contributed by atoms with Crippen LogP contribution in [0.4, 0.5) is 0 Å². The van der Waals surface area contributed by atoms with Crippen LogP contribution in [0.15, 0.2) is 60.7 Å². The maximum absolute atomic E-state index is 5.57. The number of hydrogen-bond acceptors (Lipinski definition) is 5. The van der Waals surface area contributed by atoms with E-state index in [0.717, 1.165) is 35.0 Å². The number of hydrogen-bond donors (Lipinski definition) is 1. The lowest BCUT2D eigenvalue weighted by Gasteiger charge is -2.35. The zero-order chi connectivity index (χ0) is 21.1.